The number of rotatable bonds is 4. The van der Waals surface area contributed by atoms with Gasteiger partial charge in [0.2, 0.25) is 0 Å². The zero-order valence-electron chi connectivity index (χ0n) is 13.2. The molecule has 3 aromatic rings. The fourth-order valence-corrected chi connectivity index (χ4v) is 2.67. The first-order chi connectivity index (χ1) is 11.6. The molecule has 4 heteroatoms. The van der Waals surface area contributed by atoms with E-state index in [1.165, 1.54) is 6.07 Å². The van der Waals surface area contributed by atoms with E-state index in [1.54, 1.807) is 19.1 Å². The van der Waals surface area contributed by atoms with E-state index < -0.39 is 11.0 Å². The first-order valence-electron chi connectivity index (χ1n) is 7.64. The van der Waals surface area contributed by atoms with Crippen molar-refractivity contribution in [1.29, 1.82) is 0 Å². The molecule has 4 nitrogen and oxygen atoms in total. The number of benzene rings is 3. The molecule has 0 saturated carbocycles. The van der Waals surface area contributed by atoms with Crippen LogP contribution in [0.5, 0.6) is 0 Å². The van der Waals surface area contributed by atoms with Crippen molar-refractivity contribution < 1.29 is 10.0 Å². The molecule has 0 amide bonds. The molecule has 24 heavy (non-hydrogen) atoms. The summed E-state index contributed by atoms with van der Waals surface area (Å²) in [7, 11) is 0. The lowest BCUT2D eigenvalue weighted by Gasteiger charge is -2.13. The van der Waals surface area contributed by atoms with Gasteiger partial charge in [-0.05, 0) is 29.2 Å². The second kappa shape index (κ2) is 6.64. The SMILES string of the molecule is Cc1ccc(C(O)c2ccc(-c3ccccc3)cc2)cc1[N+](=O)[O-]. The van der Waals surface area contributed by atoms with Crippen LogP contribution in [0.1, 0.15) is 22.8 Å². The van der Waals surface area contributed by atoms with E-state index in [0.717, 1.165) is 11.1 Å². The van der Waals surface area contributed by atoms with E-state index in [-0.39, 0.29) is 5.69 Å². The zero-order valence-corrected chi connectivity index (χ0v) is 13.2. The summed E-state index contributed by atoms with van der Waals surface area (Å²) in [6.07, 6.45) is -0.894. The molecule has 0 radical (unpaired) electrons. The summed E-state index contributed by atoms with van der Waals surface area (Å²) in [6, 6.07) is 22.4. The summed E-state index contributed by atoms with van der Waals surface area (Å²) in [6.45, 7) is 1.68. The fraction of sp³-hybridized carbons (Fsp3) is 0.100. The van der Waals surface area contributed by atoms with Crippen molar-refractivity contribution in [3.8, 4) is 11.1 Å². The van der Waals surface area contributed by atoms with E-state index in [2.05, 4.69) is 0 Å². The molecule has 0 aliphatic carbocycles. The van der Waals surface area contributed by atoms with Crippen LogP contribution in [0.25, 0.3) is 11.1 Å². The highest BCUT2D eigenvalue weighted by atomic mass is 16.6. The molecule has 0 aromatic heterocycles. The van der Waals surface area contributed by atoms with Crippen LogP contribution in [0.2, 0.25) is 0 Å². The molecular formula is C20H17NO3. The highest BCUT2D eigenvalue weighted by Gasteiger charge is 2.16. The Morgan fingerprint density at radius 2 is 1.46 bits per heavy atom. The minimum atomic E-state index is -0.894. The van der Waals surface area contributed by atoms with Crippen molar-refractivity contribution in [2.24, 2.45) is 0 Å². The smallest absolute Gasteiger partial charge is 0.272 e. The van der Waals surface area contributed by atoms with Crippen molar-refractivity contribution in [2.45, 2.75) is 13.0 Å². The molecule has 0 heterocycles. The Morgan fingerprint density at radius 3 is 2.08 bits per heavy atom. The van der Waals surface area contributed by atoms with Gasteiger partial charge in [0.05, 0.1) is 4.92 Å². The molecule has 0 aliphatic heterocycles. The number of nitro groups is 1. The van der Waals surface area contributed by atoms with Crippen LogP contribution in [0.3, 0.4) is 0 Å². The van der Waals surface area contributed by atoms with Crippen LogP contribution >= 0.6 is 0 Å². The van der Waals surface area contributed by atoms with Gasteiger partial charge in [0.25, 0.3) is 5.69 Å². The second-order valence-electron chi connectivity index (χ2n) is 5.69. The zero-order chi connectivity index (χ0) is 17.1. The maximum absolute atomic E-state index is 11.1. The van der Waals surface area contributed by atoms with Crippen molar-refractivity contribution in [2.75, 3.05) is 0 Å². The molecule has 0 saturated heterocycles. The lowest BCUT2D eigenvalue weighted by molar-refractivity contribution is -0.385. The number of aryl methyl sites for hydroxylation is 1. The summed E-state index contributed by atoms with van der Waals surface area (Å²) in [4.78, 5) is 10.6. The van der Waals surface area contributed by atoms with Crippen molar-refractivity contribution in [3.05, 3.63) is 99.6 Å². The van der Waals surface area contributed by atoms with Gasteiger partial charge in [-0.3, -0.25) is 10.1 Å². The summed E-state index contributed by atoms with van der Waals surface area (Å²) in [5.41, 5.74) is 3.97. The van der Waals surface area contributed by atoms with Crippen molar-refractivity contribution in [1.82, 2.24) is 0 Å². The average Bonchev–Trinajstić information content (AvgIpc) is 2.62. The Bertz CT molecular complexity index is 858. The predicted molar refractivity (Wildman–Crippen MR) is 93.8 cm³/mol. The van der Waals surface area contributed by atoms with Gasteiger partial charge < -0.3 is 5.11 Å². The number of hydrogen-bond donors (Lipinski definition) is 1. The van der Waals surface area contributed by atoms with Gasteiger partial charge in [-0.1, -0.05) is 66.7 Å². The number of hydrogen-bond acceptors (Lipinski definition) is 3. The predicted octanol–water partition coefficient (Wildman–Crippen LogP) is 4.65. The molecule has 120 valence electrons. The summed E-state index contributed by atoms with van der Waals surface area (Å²) < 4.78 is 0. The Labute approximate surface area is 140 Å². The minimum absolute atomic E-state index is 0.0208. The highest BCUT2D eigenvalue weighted by Crippen LogP contribution is 2.29. The van der Waals surface area contributed by atoms with Crippen molar-refractivity contribution in [3.63, 3.8) is 0 Å². The van der Waals surface area contributed by atoms with Gasteiger partial charge in [-0.2, -0.15) is 0 Å². The summed E-state index contributed by atoms with van der Waals surface area (Å²) >= 11 is 0. The molecule has 0 aliphatic rings. The maximum atomic E-state index is 11.1. The van der Waals surface area contributed by atoms with E-state index in [4.69, 9.17) is 0 Å². The molecule has 1 unspecified atom stereocenters. The number of aliphatic hydroxyl groups is 1. The molecule has 1 N–H and O–H groups in total. The molecule has 0 fully saturated rings. The average molecular weight is 319 g/mol. The van der Waals surface area contributed by atoms with E-state index in [9.17, 15) is 15.2 Å². The van der Waals surface area contributed by atoms with Gasteiger partial charge in [-0.15, -0.1) is 0 Å². The first-order valence-corrected chi connectivity index (χ1v) is 7.64. The van der Waals surface area contributed by atoms with Crippen molar-refractivity contribution >= 4 is 5.69 Å². The second-order valence-corrected chi connectivity index (χ2v) is 5.69. The Hall–Kier alpha value is -2.98. The highest BCUT2D eigenvalue weighted by molar-refractivity contribution is 5.63. The molecule has 0 spiro atoms. The van der Waals surface area contributed by atoms with Crippen LogP contribution in [-0.4, -0.2) is 10.0 Å². The maximum Gasteiger partial charge on any atom is 0.272 e. The topological polar surface area (TPSA) is 63.4 Å². The van der Waals surface area contributed by atoms with E-state index in [1.807, 2.05) is 54.6 Å². The van der Waals surface area contributed by atoms with Crippen LogP contribution in [0.15, 0.2) is 72.8 Å². The van der Waals surface area contributed by atoms with Crippen LogP contribution < -0.4 is 0 Å². The molecule has 0 bridgehead atoms. The minimum Gasteiger partial charge on any atom is -0.384 e. The third-order valence-corrected chi connectivity index (χ3v) is 4.08. The molecule has 1 atom stereocenters. The normalized spacial score (nSPS) is 11.9. The van der Waals surface area contributed by atoms with Crippen LogP contribution in [-0.2, 0) is 0 Å². The van der Waals surface area contributed by atoms with Gasteiger partial charge in [0, 0.05) is 11.6 Å². The Morgan fingerprint density at radius 1 is 0.875 bits per heavy atom. The van der Waals surface area contributed by atoms with Crippen LogP contribution in [0, 0.1) is 17.0 Å². The van der Waals surface area contributed by atoms with Gasteiger partial charge in [-0.25, -0.2) is 0 Å². The number of nitrogens with zero attached hydrogens (tertiary/aromatic N) is 1. The van der Waals surface area contributed by atoms with Gasteiger partial charge >= 0.3 is 0 Å². The largest absolute Gasteiger partial charge is 0.384 e. The lowest BCUT2D eigenvalue weighted by Crippen LogP contribution is -2.01. The standard InChI is InChI=1S/C20H17NO3/c1-14-7-8-18(13-19(14)21(23)24)20(22)17-11-9-16(10-12-17)15-5-3-2-4-6-15/h2-13,20,22H,1H3. The number of nitro benzene ring substituents is 1. The Balaban J connectivity index is 1.89. The fourth-order valence-electron chi connectivity index (χ4n) is 2.67. The molecule has 3 rings (SSSR count). The summed E-state index contributed by atoms with van der Waals surface area (Å²) in [5.74, 6) is 0. The first kappa shape index (κ1) is 15.9. The number of aliphatic hydroxyl groups excluding tert-OH is 1. The van der Waals surface area contributed by atoms with E-state index in [0.29, 0.717) is 16.7 Å². The quantitative estimate of drug-likeness (QED) is 0.562. The van der Waals surface area contributed by atoms with Gasteiger partial charge in [0.1, 0.15) is 6.10 Å². The third kappa shape index (κ3) is 3.19. The third-order valence-electron chi connectivity index (χ3n) is 4.08. The van der Waals surface area contributed by atoms with Crippen LogP contribution in [0.4, 0.5) is 5.69 Å². The lowest BCUT2D eigenvalue weighted by atomic mass is 9.97. The summed E-state index contributed by atoms with van der Waals surface area (Å²) in [5, 5.41) is 21.6. The monoisotopic (exact) mass is 319 g/mol. The Kier molecular flexibility index (Phi) is 4.40. The molecular weight excluding hydrogens is 302 g/mol. The molecule has 3 aromatic carbocycles. The van der Waals surface area contributed by atoms with E-state index >= 15 is 0 Å². The van der Waals surface area contributed by atoms with Gasteiger partial charge in [0.15, 0.2) is 0 Å².